The molecule has 72 valence electrons. The minimum atomic E-state index is 0.0193. The highest BCUT2D eigenvalue weighted by Gasteiger charge is 2.19. The van der Waals surface area contributed by atoms with Gasteiger partial charge in [0.25, 0.3) is 0 Å². The van der Waals surface area contributed by atoms with E-state index in [4.69, 9.17) is 4.42 Å². The summed E-state index contributed by atoms with van der Waals surface area (Å²) in [7, 11) is 0. The third-order valence-electron chi connectivity index (χ3n) is 1.66. The summed E-state index contributed by atoms with van der Waals surface area (Å²) in [5, 5.41) is 2.68. The maximum atomic E-state index is 10.8. The van der Waals surface area contributed by atoms with Crippen LogP contribution in [0, 0.1) is 6.92 Å². The molecule has 1 amide bonds. The SMILES string of the molecule is CC.Cc1nc2c(o1)CNC(=O)C2. The number of nitrogens with one attached hydrogen (secondary N) is 1. The number of oxazole rings is 1. The van der Waals surface area contributed by atoms with Crippen molar-refractivity contribution in [2.24, 2.45) is 0 Å². The molecule has 1 aromatic heterocycles. The molecule has 1 N–H and O–H groups in total. The molecule has 1 aliphatic rings. The lowest BCUT2D eigenvalue weighted by Crippen LogP contribution is -2.29. The molecule has 0 atom stereocenters. The maximum Gasteiger partial charge on any atom is 0.226 e. The van der Waals surface area contributed by atoms with Crippen LogP contribution in [-0.4, -0.2) is 10.9 Å². The van der Waals surface area contributed by atoms with E-state index < -0.39 is 0 Å². The largest absolute Gasteiger partial charge is 0.444 e. The number of rotatable bonds is 0. The van der Waals surface area contributed by atoms with E-state index in [0.717, 1.165) is 11.5 Å². The van der Waals surface area contributed by atoms with Crippen LogP contribution in [0.25, 0.3) is 0 Å². The van der Waals surface area contributed by atoms with Crippen molar-refractivity contribution >= 4 is 5.91 Å². The molecule has 0 bridgehead atoms. The molecule has 13 heavy (non-hydrogen) atoms. The number of carbonyl (C=O) groups is 1. The Morgan fingerprint density at radius 3 is 2.85 bits per heavy atom. The standard InChI is InChI=1S/C7H8N2O2.C2H6/c1-4-9-5-2-7(10)8-3-6(5)11-4;1-2/h2-3H2,1H3,(H,8,10);1-2H3. The minimum absolute atomic E-state index is 0.0193. The summed E-state index contributed by atoms with van der Waals surface area (Å²) in [5.74, 6) is 1.44. The Labute approximate surface area is 77.3 Å². The number of amides is 1. The van der Waals surface area contributed by atoms with E-state index in [9.17, 15) is 4.79 Å². The predicted octanol–water partition coefficient (Wildman–Crippen LogP) is 1.18. The second kappa shape index (κ2) is 4.07. The maximum absolute atomic E-state index is 10.8. The van der Waals surface area contributed by atoms with Gasteiger partial charge in [-0.2, -0.15) is 0 Å². The average Bonchev–Trinajstić information content (AvgIpc) is 2.48. The Bertz CT molecular complexity index is 305. The summed E-state index contributed by atoms with van der Waals surface area (Å²) in [5.41, 5.74) is 0.784. The molecule has 0 spiro atoms. The number of aryl methyl sites for hydroxylation is 1. The van der Waals surface area contributed by atoms with Gasteiger partial charge in [0, 0.05) is 6.92 Å². The Kier molecular flexibility index (Phi) is 3.06. The molecule has 0 unspecified atom stereocenters. The molecule has 4 heteroatoms. The Morgan fingerprint density at radius 2 is 2.15 bits per heavy atom. The number of hydrogen-bond acceptors (Lipinski definition) is 3. The van der Waals surface area contributed by atoms with Crippen LogP contribution < -0.4 is 5.32 Å². The summed E-state index contributed by atoms with van der Waals surface area (Å²) < 4.78 is 5.23. The smallest absolute Gasteiger partial charge is 0.226 e. The average molecular weight is 182 g/mol. The lowest BCUT2D eigenvalue weighted by atomic mass is 10.2. The molecule has 2 rings (SSSR count). The van der Waals surface area contributed by atoms with Crippen LogP contribution in [0.2, 0.25) is 0 Å². The van der Waals surface area contributed by atoms with Crippen LogP contribution >= 0.6 is 0 Å². The van der Waals surface area contributed by atoms with E-state index in [0.29, 0.717) is 18.9 Å². The van der Waals surface area contributed by atoms with E-state index in [1.54, 1.807) is 6.92 Å². The van der Waals surface area contributed by atoms with Crippen molar-refractivity contribution in [2.45, 2.75) is 33.7 Å². The molecular formula is C9H14N2O2. The molecule has 0 saturated heterocycles. The molecule has 0 aromatic carbocycles. The van der Waals surface area contributed by atoms with Gasteiger partial charge in [-0.15, -0.1) is 0 Å². The fourth-order valence-electron chi connectivity index (χ4n) is 1.18. The lowest BCUT2D eigenvalue weighted by Gasteiger charge is -2.08. The highest BCUT2D eigenvalue weighted by atomic mass is 16.4. The topological polar surface area (TPSA) is 55.1 Å². The summed E-state index contributed by atoms with van der Waals surface area (Å²) in [6.45, 7) is 6.26. The van der Waals surface area contributed by atoms with Crippen LogP contribution in [0.1, 0.15) is 31.2 Å². The van der Waals surface area contributed by atoms with Crippen LogP contribution in [0.5, 0.6) is 0 Å². The fourth-order valence-corrected chi connectivity index (χ4v) is 1.18. The molecule has 2 heterocycles. The zero-order valence-corrected chi connectivity index (χ0v) is 8.18. The monoisotopic (exact) mass is 182 g/mol. The molecule has 0 aliphatic carbocycles. The fraction of sp³-hybridized carbons (Fsp3) is 0.556. The summed E-state index contributed by atoms with van der Waals surface area (Å²) in [4.78, 5) is 14.9. The van der Waals surface area contributed by atoms with Gasteiger partial charge in [-0.1, -0.05) is 13.8 Å². The van der Waals surface area contributed by atoms with Gasteiger partial charge >= 0.3 is 0 Å². The van der Waals surface area contributed by atoms with Crippen molar-refractivity contribution in [3.63, 3.8) is 0 Å². The molecule has 1 aliphatic heterocycles. The van der Waals surface area contributed by atoms with Crippen LogP contribution in [-0.2, 0) is 17.8 Å². The molecule has 0 fully saturated rings. The normalized spacial score (nSPS) is 13.9. The Balaban J connectivity index is 0.000000396. The molecule has 0 radical (unpaired) electrons. The number of fused-ring (bicyclic) bond motifs is 1. The molecule has 4 nitrogen and oxygen atoms in total. The first-order valence-electron chi connectivity index (χ1n) is 4.47. The summed E-state index contributed by atoms with van der Waals surface area (Å²) >= 11 is 0. The first-order chi connectivity index (χ1) is 6.25. The quantitative estimate of drug-likeness (QED) is 0.655. The van der Waals surface area contributed by atoms with Crippen LogP contribution in [0.15, 0.2) is 4.42 Å². The first kappa shape index (κ1) is 9.77. The predicted molar refractivity (Wildman–Crippen MR) is 48.1 cm³/mol. The second-order valence-electron chi connectivity index (χ2n) is 2.56. The van der Waals surface area contributed by atoms with Gasteiger partial charge < -0.3 is 9.73 Å². The molecular weight excluding hydrogens is 168 g/mol. The lowest BCUT2D eigenvalue weighted by molar-refractivity contribution is -0.121. The van der Waals surface area contributed by atoms with Crippen LogP contribution in [0.4, 0.5) is 0 Å². The zero-order chi connectivity index (χ0) is 9.84. The molecule has 0 saturated carbocycles. The van der Waals surface area contributed by atoms with Crippen molar-refractivity contribution in [1.82, 2.24) is 10.3 Å². The number of nitrogens with zero attached hydrogens (tertiary/aromatic N) is 1. The van der Waals surface area contributed by atoms with Crippen LogP contribution in [0.3, 0.4) is 0 Å². The summed E-state index contributed by atoms with van der Waals surface area (Å²) in [6.07, 6.45) is 0.354. The van der Waals surface area contributed by atoms with E-state index >= 15 is 0 Å². The van der Waals surface area contributed by atoms with Gasteiger partial charge in [0.05, 0.1) is 18.7 Å². The third kappa shape index (κ3) is 2.08. The van der Waals surface area contributed by atoms with Crippen molar-refractivity contribution in [1.29, 1.82) is 0 Å². The van der Waals surface area contributed by atoms with Gasteiger partial charge in [-0.25, -0.2) is 4.98 Å². The Morgan fingerprint density at radius 1 is 1.46 bits per heavy atom. The van der Waals surface area contributed by atoms with E-state index in [1.165, 1.54) is 0 Å². The van der Waals surface area contributed by atoms with Crippen molar-refractivity contribution < 1.29 is 9.21 Å². The summed E-state index contributed by atoms with van der Waals surface area (Å²) in [6, 6.07) is 0. The van der Waals surface area contributed by atoms with Crippen molar-refractivity contribution in [2.75, 3.05) is 0 Å². The third-order valence-corrected chi connectivity index (χ3v) is 1.66. The first-order valence-corrected chi connectivity index (χ1v) is 4.47. The zero-order valence-electron chi connectivity index (χ0n) is 8.18. The Hall–Kier alpha value is -1.32. The van der Waals surface area contributed by atoms with Crippen molar-refractivity contribution in [3.8, 4) is 0 Å². The van der Waals surface area contributed by atoms with E-state index in [2.05, 4.69) is 10.3 Å². The highest BCUT2D eigenvalue weighted by molar-refractivity contribution is 5.79. The van der Waals surface area contributed by atoms with Gasteiger partial charge in [0.15, 0.2) is 5.89 Å². The van der Waals surface area contributed by atoms with Gasteiger partial charge in [0.1, 0.15) is 5.76 Å². The highest BCUT2D eigenvalue weighted by Crippen LogP contribution is 2.14. The van der Waals surface area contributed by atoms with E-state index in [-0.39, 0.29) is 5.91 Å². The van der Waals surface area contributed by atoms with Crippen molar-refractivity contribution in [3.05, 3.63) is 17.3 Å². The number of hydrogen-bond donors (Lipinski definition) is 1. The van der Waals surface area contributed by atoms with Gasteiger partial charge in [0.2, 0.25) is 5.91 Å². The molecule has 1 aromatic rings. The number of carbonyl (C=O) groups excluding carboxylic acids is 1. The minimum Gasteiger partial charge on any atom is -0.444 e. The van der Waals surface area contributed by atoms with Gasteiger partial charge in [-0.05, 0) is 0 Å². The van der Waals surface area contributed by atoms with E-state index in [1.807, 2.05) is 13.8 Å². The van der Waals surface area contributed by atoms with Gasteiger partial charge in [-0.3, -0.25) is 4.79 Å². The number of aromatic nitrogens is 1. The second-order valence-corrected chi connectivity index (χ2v) is 2.56.